The quantitative estimate of drug-likeness (QED) is 0.807. The number of anilines is 1. The number of aliphatic hydroxyl groups excluding tert-OH is 1. The van der Waals surface area contributed by atoms with Crippen LogP contribution in [-0.4, -0.2) is 40.1 Å². The molecule has 5 nitrogen and oxygen atoms in total. The summed E-state index contributed by atoms with van der Waals surface area (Å²) in [5.41, 5.74) is 2.44. The number of nitrogens with one attached hydrogen (secondary N) is 1. The monoisotopic (exact) mass is 294 g/mol. The topological polar surface area (TPSA) is 53.3 Å². The number of aryl methyl sites for hydroxylation is 2. The molecule has 0 saturated carbocycles. The van der Waals surface area contributed by atoms with E-state index in [0.717, 1.165) is 31.6 Å². The Kier molecular flexibility index (Phi) is 5.65. The predicted octanol–water partition coefficient (Wildman–Crippen LogP) is 1.97. The van der Waals surface area contributed by atoms with Gasteiger partial charge in [-0.15, -0.1) is 0 Å². The number of rotatable bonds is 7. The summed E-state index contributed by atoms with van der Waals surface area (Å²) in [7, 11) is 2.04. The number of aliphatic hydroxyl groups is 1. The maximum atomic E-state index is 9.10. The minimum absolute atomic E-state index is 0.288. The van der Waals surface area contributed by atoms with Crippen LogP contribution in [0.2, 0.25) is 0 Å². The van der Waals surface area contributed by atoms with E-state index >= 15 is 0 Å². The van der Waals surface area contributed by atoms with Crippen molar-refractivity contribution in [2.75, 3.05) is 18.1 Å². The molecule has 2 heterocycles. The molecule has 0 bridgehead atoms. The molecule has 1 unspecified atom stereocenters. The van der Waals surface area contributed by atoms with E-state index in [9.17, 15) is 0 Å². The van der Waals surface area contributed by atoms with Crippen molar-refractivity contribution in [1.29, 1.82) is 0 Å². The maximum Gasteiger partial charge on any atom is 0.131 e. The Morgan fingerprint density at radius 2 is 2.19 bits per heavy atom. The van der Waals surface area contributed by atoms with E-state index < -0.39 is 0 Å². The van der Waals surface area contributed by atoms with Crippen LogP contribution in [0.15, 0.2) is 0 Å². The van der Waals surface area contributed by atoms with Crippen molar-refractivity contribution < 1.29 is 5.11 Å². The highest BCUT2D eigenvalue weighted by Gasteiger charge is 2.29. The molecule has 5 heteroatoms. The normalized spacial score (nSPS) is 19.0. The zero-order valence-corrected chi connectivity index (χ0v) is 13.9. The summed E-state index contributed by atoms with van der Waals surface area (Å²) in [4.78, 5) is 2.51. The van der Waals surface area contributed by atoms with Crippen molar-refractivity contribution in [2.45, 2.75) is 65.1 Å². The lowest BCUT2D eigenvalue weighted by Gasteiger charge is -2.28. The van der Waals surface area contributed by atoms with Gasteiger partial charge in [-0.05, 0) is 32.6 Å². The molecule has 120 valence electrons. The number of hydrogen-bond donors (Lipinski definition) is 2. The molecule has 1 fully saturated rings. The molecule has 1 aromatic heterocycles. The number of hydrogen-bond acceptors (Lipinski definition) is 4. The van der Waals surface area contributed by atoms with Gasteiger partial charge in [-0.2, -0.15) is 5.10 Å². The van der Waals surface area contributed by atoms with Crippen LogP contribution in [0.1, 0.15) is 50.8 Å². The van der Waals surface area contributed by atoms with E-state index in [1.54, 1.807) is 0 Å². The third-order valence-electron chi connectivity index (χ3n) is 4.34. The molecule has 0 amide bonds. The van der Waals surface area contributed by atoms with Crippen molar-refractivity contribution in [1.82, 2.24) is 15.1 Å². The molecule has 0 radical (unpaired) electrons. The molecule has 1 saturated heterocycles. The van der Waals surface area contributed by atoms with Crippen LogP contribution in [0.4, 0.5) is 5.82 Å². The lowest BCUT2D eigenvalue weighted by molar-refractivity contribution is 0.279. The third kappa shape index (κ3) is 3.77. The fourth-order valence-electron chi connectivity index (χ4n) is 3.30. The van der Waals surface area contributed by atoms with Crippen LogP contribution in [0.25, 0.3) is 0 Å². The molecule has 2 N–H and O–H groups in total. The van der Waals surface area contributed by atoms with Gasteiger partial charge >= 0.3 is 0 Å². The minimum Gasteiger partial charge on any atom is -0.396 e. The molecular formula is C16H30N4O. The van der Waals surface area contributed by atoms with Crippen LogP contribution >= 0.6 is 0 Å². The van der Waals surface area contributed by atoms with Crippen molar-refractivity contribution in [2.24, 2.45) is 7.05 Å². The molecule has 21 heavy (non-hydrogen) atoms. The molecule has 1 aromatic rings. The van der Waals surface area contributed by atoms with E-state index in [-0.39, 0.29) is 6.61 Å². The maximum absolute atomic E-state index is 9.10. The first kappa shape index (κ1) is 16.3. The summed E-state index contributed by atoms with van der Waals surface area (Å²) in [6.07, 6.45) is 4.41. The standard InChI is InChI=1S/C16H30N4O/c1-12(2)17-11-15-13(3)18-19(4)16(15)20-9-5-7-14(20)8-6-10-21/h12,14,17,21H,5-11H2,1-4H3. The van der Waals surface area contributed by atoms with Gasteiger partial charge in [-0.1, -0.05) is 13.8 Å². The molecule has 0 spiro atoms. The van der Waals surface area contributed by atoms with Crippen LogP contribution in [-0.2, 0) is 13.6 Å². The van der Waals surface area contributed by atoms with Gasteiger partial charge in [0, 0.05) is 44.4 Å². The fraction of sp³-hybridized carbons (Fsp3) is 0.812. The van der Waals surface area contributed by atoms with Gasteiger partial charge in [0.15, 0.2) is 0 Å². The van der Waals surface area contributed by atoms with Gasteiger partial charge in [0.1, 0.15) is 5.82 Å². The van der Waals surface area contributed by atoms with Crippen LogP contribution in [0, 0.1) is 6.92 Å². The van der Waals surface area contributed by atoms with Crippen molar-refractivity contribution in [3.63, 3.8) is 0 Å². The highest BCUT2D eigenvalue weighted by molar-refractivity contribution is 5.52. The van der Waals surface area contributed by atoms with E-state index in [1.165, 1.54) is 24.2 Å². The van der Waals surface area contributed by atoms with Gasteiger partial charge in [0.25, 0.3) is 0 Å². The molecule has 2 rings (SSSR count). The molecule has 1 aliphatic heterocycles. The average molecular weight is 294 g/mol. The van der Waals surface area contributed by atoms with Crippen LogP contribution in [0.5, 0.6) is 0 Å². The summed E-state index contributed by atoms with van der Waals surface area (Å²) in [6, 6.07) is 1.02. The molecule has 1 atom stereocenters. The Morgan fingerprint density at radius 1 is 1.43 bits per heavy atom. The van der Waals surface area contributed by atoms with Crippen molar-refractivity contribution in [3.05, 3.63) is 11.3 Å². The van der Waals surface area contributed by atoms with Crippen LogP contribution in [0.3, 0.4) is 0 Å². The first-order valence-corrected chi connectivity index (χ1v) is 8.18. The zero-order chi connectivity index (χ0) is 15.4. The second-order valence-electron chi connectivity index (χ2n) is 6.40. The minimum atomic E-state index is 0.288. The second-order valence-corrected chi connectivity index (χ2v) is 6.40. The lowest BCUT2D eigenvalue weighted by Crippen LogP contribution is -2.33. The van der Waals surface area contributed by atoms with Crippen molar-refractivity contribution >= 4 is 5.82 Å². The smallest absolute Gasteiger partial charge is 0.131 e. The van der Waals surface area contributed by atoms with E-state index in [1.807, 2.05) is 11.7 Å². The number of nitrogens with zero attached hydrogens (tertiary/aromatic N) is 3. The van der Waals surface area contributed by atoms with Crippen molar-refractivity contribution in [3.8, 4) is 0 Å². The second kappa shape index (κ2) is 7.27. The summed E-state index contributed by atoms with van der Waals surface area (Å²) in [5.74, 6) is 1.26. The summed E-state index contributed by atoms with van der Waals surface area (Å²) < 4.78 is 2.03. The third-order valence-corrected chi connectivity index (χ3v) is 4.34. The highest BCUT2D eigenvalue weighted by Crippen LogP contribution is 2.32. The Bertz CT molecular complexity index is 455. The number of aromatic nitrogens is 2. The van der Waals surface area contributed by atoms with Gasteiger partial charge in [0.2, 0.25) is 0 Å². The molecule has 1 aliphatic rings. The van der Waals surface area contributed by atoms with Gasteiger partial charge in [0.05, 0.1) is 5.69 Å². The molecular weight excluding hydrogens is 264 g/mol. The Hall–Kier alpha value is -1.07. The van der Waals surface area contributed by atoms with Gasteiger partial charge in [-0.3, -0.25) is 4.68 Å². The van der Waals surface area contributed by atoms with Gasteiger partial charge < -0.3 is 15.3 Å². The predicted molar refractivity (Wildman–Crippen MR) is 86.6 cm³/mol. The Labute approximate surface area is 128 Å². The van der Waals surface area contributed by atoms with E-state index in [2.05, 4.69) is 36.1 Å². The van der Waals surface area contributed by atoms with E-state index in [4.69, 9.17) is 5.11 Å². The average Bonchev–Trinajstić information content (AvgIpc) is 2.97. The molecule has 0 aromatic carbocycles. The Balaban J connectivity index is 2.20. The Morgan fingerprint density at radius 3 is 2.86 bits per heavy atom. The summed E-state index contributed by atoms with van der Waals surface area (Å²) in [5, 5.41) is 17.2. The first-order valence-electron chi connectivity index (χ1n) is 8.18. The largest absolute Gasteiger partial charge is 0.396 e. The summed E-state index contributed by atoms with van der Waals surface area (Å²) in [6.45, 7) is 8.70. The van der Waals surface area contributed by atoms with Crippen LogP contribution < -0.4 is 10.2 Å². The molecule has 0 aliphatic carbocycles. The van der Waals surface area contributed by atoms with Gasteiger partial charge in [-0.25, -0.2) is 0 Å². The SMILES string of the molecule is Cc1nn(C)c(N2CCCC2CCCO)c1CNC(C)C. The zero-order valence-electron chi connectivity index (χ0n) is 13.9. The lowest BCUT2D eigenvalue weighted by atomic mass is 10.1. The fourth-order valence-corrected chi connectivity index (χ4v) is 3.30. The van der Waals surface area contributed by atoms with E-state index in [0.29, 0.717) is 12.1 Å². The highest BCUT2D eigenvalue weighted by atomic mass is 16.2. The summed E-state index contributed by atoms with van der Waals surface area (Å²) >= 11 is 0. The first-order chi connectivity index (χ1) is 10.0.